The van der Waals surface area contributed by atoms with E-state index >= 15 is 0 Å². The van der Waals surface area contributed by atoms with Crippen molar-refractivity contribution in [2.45, 2.75) is 13.2 Å². The number of halogens is 1. The summed E-state index contributed by atoms with van der Waals surface area (Å²) in [6.45, 7) is 1.18. The molecule has 0 aliphatic carbocycles. The molecule has 0 saturated carbocycles. The molecular weight excluding hydrogens is 388 g/mol. The van der Waals surface area contributed by atoms with Crippen LogP contribution < -0.4 is 15.8 Å². The van der Waals surface area contributed by atoms with E-state index in [1.54, 1.807) is 6.07 Å². The van der Waals surface area contributed by atoms with E-state index < -0.39 is 11.9 Å². The second-order valence-corrected chi connectivity index (χ2v) is 6.87. The number of carbonyl (C=O) groups excluding carboxylic acids is 1. The van der Waals surface area contributed by atoms with Crippen LogP contribution in [0.3, 0.4) is 0 Å². The van der Waals surface area contributed by atoms with Gasteiger partial charge in [-0.05, 0) is 42.1 Å². The van der Waals surface area contributed by atoms with E-state index in [9.17, 15) is 4.79 Å². The van der Waals surface area contributed by atoms with Gasteiger partial charge in [-0.2, -0.15) is 0 Å². The molecule has 1 amide bonds. The van der Waals surface area contributed by atoms with Crippen molar-refractivity contribution in [3.05, 3.63) is 77.4 Å². The molecule has 3 aromatic rings. The number of amides is 1. The van der Waals surface area contributed by atoms with Gasteiger partial charge in [-0.1, -0.05) is 54.6 Å². The Morgan fingerprint density at radius 1 is 1.07 bits per heavy atom. The Kier molecular flexibility index (Phi) is 7.59. The van der Waals surface area contributed by atoms with Crippen LogP contribution in [0.15, 0.2) is 60.7 Å². The minimum absolute atomic E-state index is 0. The first-order valence-electron chi connectivity index (χ1n) is 8.96. The lowest BCUT2D eigenvalue weighted by Crippen LogP contribution is -2.36. The number of benzene rings is 3. The second kappa shape index (κ2) is 9.91. The highest BCUT2D eigenvalue weighted by Crippen LogP contribution is 2.29. The Balaban J connectivity index is 0.00000300. The maximum atomic E-state index is 12.7. The monoisotopic (exact) mass is 412 g/mol. The predicted molar refractivity (Wildman–Crippen MR) is 119 cm³/mol. The van der Waals surface area contributed by atoms with E-state index in [1.807, 2.05) is 56.6 Å². The number of nitrogens with one attached hydrogen (secondary N) is 2. The van der Waals surface area contributed by atoms with E-state index in [0.717, 1.165) is 22.9 Å². The highest BCUT2D eigenvalue weighted by atomic mass is 35.5. The molecule has 0 saturated heterocycles. The van der Waals surface area contributed by atoms with Gasteiger partial charge in [0.1, 0.15) is 12.4 Å². The number of ether oxygens (including phenoxy) is 1. The first-order valence-corrected chi connectivity index (χ1v) is 8.96. The second-order valence-electron chi connectivity index (χ2n) is 6.87. The van der Waals surface area contributed by atoms with Crippen molar-refractivity contribution in [1.82, 2.24) is 10.2 Å². The zero-order valence-corrected chi connectivity index (χ0v) is 17.3. The molecule has 0 spiro atoms. The maximum Gasteiger partial charge on any atom is 0.262 e. The normalized spacial score (nSPS) is 10.4. The Morgan fingerprint density at radius 2 is 1.79 bits per heavy atom. The summed E-state index contributed by atoms with van der Waals surface area (Å²) in [6, 6.07) is 19.4. The summed E-state index contributed by atoms with van der Waals surface area (Å²) in [7, 11) is 4.05. The Hall–Kier alpha value is -3.09. The summed E-state index contributed by atoms with van der Waals surface area (Å²) >= 11 is 0. The predicted octanol–water partition coefficient (Wildman–Crippen LogP) is 3.53. The molecule has 152 valence electrons. The molecule has 3 aromatic carbocycles. The van der Waals surface area contributed by atoms with Crippen LogP contribution in [0.25, 0.3) is 10.8 Å². The van der Waals surface area contributed by atoms with Crippen LogP contribution in [0.5, 0.6) is 5.75 Å². The van der Waals surface area contributed by atoms with Gasteiger partial charge in [0.25, 0.3) is 5.91 Å². The molecule has 0 bridgehead atoms. The number of nitrogens with zero attached hydrogens (tertiary/aromatic N) is 1. The lowest BCUT2D eigenvalue weighted by Gasteiger charge is -2.15. The number of rotatable bonds is 6. The fraction of sp³-hybridized carbons (Fsp3) is 0.182. The van der Waals surface area contributed by atoms with Gasteiger partial charge in [-0.25, -0.2) is 0 Å². The summed E-state index contributed by atoms with van der Waals surface area (Å²) in [5.74, 6) is -0.406. The molecule has 7 heteroatoms. The molecule has 0 aliphatic rings. The van der Waals surface area contributed by atoms with Gasteiger partial charge in [-0.15, -0.1) is 12.4 Å². The molecule has 4 N–H and O–H groups in total. The SMILES string of the molecule is CN(C)Cc1cccc(COc2ccc3ccccc3c2C(=O)NC(=N)N)c1.Cl. The van der Waals surface area contributed by atoms with Crippen molar-refractivity contribution in [2.75, 3.05) is 14.1 Å². The van der Waals surface area contributed by atoms with Gasteiger partial charge in [0, 0.05) is 6.54 Å². The lowest BCUT2D eigenvalue weighted by atomic mass is 10.0. The van der Waals surface area contributed by atoms with Gasteiger partial charge in [0.05, 0.1) is 5.56 Å². The molecule has 0 radical (unpaired) electrons. The average molecular weight is 413 g/mol. The molecule has 0 unspecified atom stereocenters. The minimum atomic E-state index is -0.458. The van der Waals surface area contributed by atoms with Crippen LogP contribution in [-0.4, -0.2) is 30.9 Å². The van der Waals surface area contributed by atoms with Crippen LogP contribution in [0.1, 0.15) is 21.5 Å². The third kappa shape index (κ3) is 5.70. The number of guanidine groups is 1. The highest BCUT2D eigenvalue weighted by Gasteiger charge is 2.17. The molecule has 0 aliphatic heterocycles. The molecule has 0 atom stereocenters. The van der Waals surface area contributed by atoms with Gasteiger partial charge in [-0.3, -0.25) is 15.5 Å². The molecule has 3 rings (SSSR count). The Labute approximate surface area is 176 Å². The Morgan fingerprint density at radius 3 is 2.52 bits per heavy atom. The smallest absolute Gasteiger partial charge is 0.262 e. The highest BCUT2D eigenvalue weighted by molar-refractivity contribution is 6.14. The molecule has 0 fully saturated rings. The quantitative estimate of drug-likeness (QED) is 0.426. The van der Waals surface area contributed by atoms with E-state index in [4.69, 9.17) is 15.9 Å². The van der Waals surface area contributed by atoms with E-state index in [1.165, 1.54) is 5.56 Å². The standard InChI is InChI=1S/C22H24N4O2.ClH/c1-26(2)13-15-6-5-7-16(12-15)14-28-19-11-10-17-8-3-4-9-18(17)20(19)21(27)25-22(23)24;/h3-12H,13-14H2,1-2H3,(H4,23,24,25,27);1H. The van der Waals surface area contributed by atoms with Crippen LogP contribution in [0.4, 0.5) is 0 Å². The zero-order valence-electron chi connectivity index (χ0n) is 16.4. The first kappa shape index (κ1) is 22.2. The first-order chi connectivity index (χ1) is 13.4. The van der Waals surface area contributed by atoms with Crippen molar-refractivity contribution in [3.8, 4) is 5.75 Å². The fourth-order valence-electron chi connectivity index (χ4n) is 3.13. The van der Waals surface area contributed by atoms with E-state index in [-0.39, 0.29) is 12.4 Å². The fourth-order valence-corrected chi connectivity index (χ4v) is 3.13. The zero-order chi connectivity index (χ0) is 20.1. The summed E-state index contributed by atoms with van der Waals surface area (Å²) in [6.07, 6.45) is 0. The van der Waals surface area contributed by atoms with Crippen LogP contribution in [0, 0.1) is 5.41 Å². The number of carbonyl (C=O) groups is 1. The summed E-state index contributed by atoms with van der Waals surface area (Å²) < 4.78 is 6.01. The molecule has 0 heterocycles. The van der Waals surface area contributed by atoms with Crippen LogP contribution in [0.2, 0.25) is 0 Å². The van der Waals surface area contributed by atoms with Crippen LogP contribution in [-0.2, 0) is 13.2 Å². The summed E-state index contributed by atoms with van der Waals surface area (Å²) in [4.78, 5) is 14.8. The van der Waals surface area contributed by atoms with Gasteiger partial charge >= 0.3 is 0 Å². The molecule has 0 aromatic heterocycles. The van der Waals surface area contributed by atoms with Crippen molar-refractivity contribution in [1.29, 1.82) is 5.41 Å². The average Bonchev–Trinajstić information content (AvgIpc) is 2.65. The molecule has 29 heavy (non-hydrogen) atoms. The summed E-state index contributed by atoms with van der Waals surface area (Å²) in [5.41, 5.74) is 7.94. The van der Waals surface area contributed by atoms with Gasteiger partial charge in [0.2, 0.25) is 0 Å². The summed E-state index contributed by atoms with van der Waals surface area (Å²) in [5, 5.41) is 11.4. The van der Waals surface area contributed by atoms with Gasteiger partial charge < -0.3 is 15.4 Å². The Bertz CT molecular complexity index is 1020. The molecular formula is C22H25ClN4O2. The van der Waals surface area contributed by atoms with E-state index in [2.05, 4.69) is 22.3 Å². The largest absolute Gasteiger partial charge is 0.488 e. The molecule has 6 nitrogen and oxygen atoms in total. The van der Waals surface area contributed by atoms with Crippen molar-refractivity contribution in [2.24, 2.45) is 5.73 Å². The number of fused-ring (bicyclic) bond motifs is 1. The third-order valence-corrected chi connectivity index (χ3v) is 4.25. The lowest BCUT2D eigenvalue weighted by molar-refractivity contribution is 0.0974. The third-order valence-electron chi connectivity index (χ3n) is 4.25. The van der Waals surface area contributed by atoms with Crippen molar-refractivity contribution < 1.29 is 9.53 Å². The number of hydrogen-bond acceptors (Lipinski definition) is 4. The maximum absolute atomic E-state index is 12.7. The topological polar surface area (TPSA) is 91.4 Å². The van der Waals surface area contributed by atoms with Gasteiger partial charge in [0.15, 0.2) is 5.96 Å². The van der Waals surface area contributed by atoms with Crippen LogP contribution >= 0.6 is 12.4 Å². The van der Waals surface area contributed by atoms with Crippen molar-refractivity contribution in [3.63, 3.8) is 0 Å². The number of hydrogen-bond donors (Lipinski definition) is 3. The minimum Gasteiger partial charge on any atom is -0.488 e. The van der Waals surface area contributed by atoms with Crippen molar-refractivity contribution >= 4 is 35.0 Å². The van der Waals surface area contributed by atoms with E-state index in [0.29, 0.717) is 17.9 Å². The number of nitrogens with two attached hydrogens (primary N) is 1.